The molecule has 0 atom stereocenters. The highest BCUT2D eigenvalue weighted by Gasteiger charge is 2.19. The van der Waals surface area contributed by atoms with Gasteiger partial charge in [0.05, 0.1) is 10.6 Å². The van der Waals surface area contributed by atoms with Gasteiger partial charge >= 0.3 is 0 Å². The number of aromatic nitrogens is 2. The molecule has 4 aromatic rings. The van der Waals surface area contributed by atoms with E-state index in [4.69, 9.17) is 0 Å². The molecule has 0 spiro atoms. The van der Waals surface area contributed by atoms with Crippen molar-refractivity contribution < 1.29 is 13.2 Å². The number of benzene rings is 3. The van der Waals surface area contributed by atoms with Crippen molar-refractivity contribution in [3.63, 3.8) is 0 Å². The first-order chi connectivity index (χ1) is 15.3. The molecule has 162 valence electrons. The molecule has 0 fully saturated rings. The summed E-state index contributed by atoms with van der Waals surface area (Å²) in [6, 6.07) is 22.7. The average Bonchev–Trinajstić information content (AvgIpc) is 3.22. The second kappa shape index (κ2) is 8.68. The molecule has 7 nitrogen and oxygen atoms in total. The van der Waals surface area contributed by atoms with E-state index in [0.29, 0.717) is 17.1 Å². The van der Waals surface area contributed by atoms with Gasteiger partial charge in [0.2, 0.25) is 0 Å². The molecule has 0 bridgehead atoms. The Morgan fingerprint density at radius 1 is 0.906 bits per heavy atom. The second-order valence-corrected chi connectivity index (χ2v) is 9.07. The molecule has 0 unspecified atom stereocenters. The Balaban J connectivity index is 1.56. The van der Waals surface area contributed by atoms with Crippen LogP contribution in [0.5, 0.6) is 0 Å². The van der Waals surface area contributed by atoms with Crippen LogP contribution in [0.25, 0.3) is 5.69 Å². The highest BCUT2D eigenvalue weighted by atomic mass is 32.2. The number of hydrogen-bond acceptors (Lipinski definition) is 4. The monoisotopic (exact) mass is 446 g/mol. The third kappa shape index (κ3) is 4.70. The molecule has 0 aliphatic heterocycles. The maximum Gasteiger partial charge on any atom is 0.261 e. The summed E-state index contributed by atoms with van der Waals surface area (Å²) in [5.74, 6) is -0.0715. The van der Waals surface area contributed by atoms with E-state index in [0.717, 1.165) is 11.3 Å². The minimum atomic E-state index is -3.86. The number of nitrogens with one attached hydrogen (secondary N) is 2. The van der Waals surface area contributed by atoms with Crippen LogP contribution in [0.1, 0.15) is 21.5 Å². The van der Waals surface area contributed by atoms with Crippen LogP contribution in [-0.4, -0.2) is 24.1 Å². The predicted molar refractivity (Wildman–Crippen MR) is 125 cm³/mol. The van der Waals surface area contributed by atoms with Crippen LogP contribution in [0.15, 0.2) is 90.0 Å². The van der Waals surface area contributed by atoms with Gasteiger partial charge in [-0.25, -0.2) is 13.1 Å². The van der Waals surface area contributed by atoms with Gasteiger partial charge in [0, 0.05) is 23.5 Å². The maximum absolute atomic E-state index is 12.9. The fraction of sp³-hybridized carbons (Fsp3) is 0.0833. The van der Waals surface area contributed by atoms with Gasteiger partial charge in [-0.2, -0.15) is 5.10 Å². The molecule has 0 aliphatic rings. The number of hydrogen-bond donors (Lipinski definition) is 2. The smallest absolute Gasteiger partial charge is 0.261 e. The van der Waals surface area contributed by atoms with Crippen LogP contribution in [0, 0.1) is 13.8 Å². The summed E-state index contributed by atoms with van der Waals surface area (Å²) in [6.07, 6.45) is 1.74. The van der Waals surface area contributed by atoms with Crippen molar-refractivity contribution in [1.82, 2.24) is 9.78 Å². The van der Waals surface area contributed by atoms with Gasteiger partial charge in [-0.15, -0.1) is 0 Å². The number of rotatable bonds is 6. The van der Waals surface area contributed by atoms with Crippen molar-refractivity contribution in [2.45, 2.75) is 18.7 Å². The molecule has 0 saturated heterocycles. The first-order valence-corrected chi connectivity index (χ1v) is 11.4. The standard InChI is InChI=1S/C24H22N4O3S/c1-17-7-6-8-19(15-17)27-32(30,31)21-12-11-18(2)22(16-21)24(29)25-23-13-14-28(26-23)20-9-4-3-5-10-20/h3-16,27H,1-2H3,(H,25,26,29). The quantitative estimate of drug-likeness (QED) is 0.455. The van der Waals surface area contributed by atoms with Gasteiger partial charge in [0.25, 0.3) is 15.9 Å². The Hall–Kier alpha value is -3.91. The van der Waals surface area contributed by atoms with Crippen LogP contribution in [-0.2, 0) is 10.0 Å². The lowest BCUT2D eigenvalue weighted by Gasteiger charge is -2.11. The fourth-order valence-electron chi connectivity index (χ4n) is 3.23. The number of anilines is 2. The summed E-state index contributed by atoms with van der Waals surface area (Å²) < 4.78 is 29.9. The number of amides is 1. The average molecular weight is 447 g/mol. The summed E-state index contributed by atoms with van der Waals surface area (Å²) >= 11 is 0. The van der Waals surface area contributed by atoms with Crippen LogP contribution < -0.4 is 10.0 Å². The van der Waals surface area contributed by atoms with Crippen molar-refractivity contribution in [3.8, 4) is 5.69 Å². The van der Waals surface area contributed by atoms with Crippen LogP contribution in [0.3, 0.4) is 0 Å². The summed E-state index contributed by atoms with van der Waals surface area (Å²) in [6.45, 7) is 3.63. The van der Waals surface area contributed by atoms with Gasteiger partial charge in [-0.05, 0) is 61.4 Å². The van der Waals surface area contributed by atoms with Crippen molar-refractivity contribution >= 4 is 27.4 Å². The topological polar surface area (TPSA) is 93.1 Å². The molecule has 8 heteroatoms. The molecule has 0 aliphatic carbocycles. The summed E-state index contributed by atoms with van der Waals surface area (Å²) in [5.41, 5.74) is 3.16. The molecular weight excluding hydrogens is 424 g/mol. The van der Waals surface area contributed by atoms with Crippen LogP contribution >= 0.6 is 0 Å². The minimum absolute atomic E-state index is 0.00423. The molecule has 3 aromatic carbocycles. The second-order valence-electron chi connectivity index (χ2n) is 7.39. The van der Waals surface area contributed by atoms with Crippen LogP contribution in [0.4, 0.5) is 11.5 Å². The van der Waals surface area contributed by atoms with E-state index in [2.05, 4.69) is 15.1 Å². The predicted octanol–water partition coefficient (Wildman–Crippen LogP) is 4.54. The number of aryl methyl sites for hydroxylation is 2. The van der Waals surface area contributed by atoms with E-state index in [1.165, 1.54) is 12.1 Å². The normalized spacial score (nSPS) is 11.2. The van der Waals surface area contributed by atoms with E-state index in [9.17, 15) is 13.2 Å². The highest BCUT2D eigenvalue weighted by molar-refractivity contribution is 7.92. The van der Waals surface area contributed by atoms with E-state index < -0.39 is 15.9 Å². The Morgan fingerprint density at radius 3 is 2.44 bits per heavy atom. The lowest BCUT2D eigenvalue weighted by Crippen LogP contribution is -2.17. The van der Waals surface area contributed by atoms with Gasteiger partial charge < -0.3 is 5.32 Å². The van der Waals surface area contributed by atoms with Gasteiger partial charge in [-0.1, -0.05) is 36.4 Å². The molecule has 0 radical (unpaired) electrons. The minimum Gasteiger partial charge on any atom is -0.305 e. The van der Waals surface area contributed by atoms with E-state index in [1.54, 1.807) is 48.1 Å². The molecule has 1 amide bonds. The zero-order valence-corrected chi connectivity index (χ0v) is 18.4. The largest absolute Gasteiger partial charge is 0.305 e. The van der Waals surface area contributed by atoms with Gasteiger partial charge in [0.15, 0.2) is 5.82 Å². The molecule has 32 heavy (non-hydrogen) atoms. The van der Waals surface area contributed by atoms with Crippen molar-refractivity contribution in [1.29, 1.82) is 0 Å². The van der Waals surface area contributed by atoms with Crippen LogP contribution in [0.2, 0.25) is 0 Å². The molecule has 0 saturated carbocycles. The first-order valence-electron chi connectivity index (χ1n) is 9.94. The third-order valence-electron chi connectivity index (χ3n) is 4.89. The highest BCUT2D eigenvalue weighted by Crippen LogP contribution is 2.21. The lowest BCUT2D eigenvalue weighted by atomic mass is 10.1. The van der Waals surface area contributed by atoms with E-state index in [1.807, 2.05) is 43.3 Å². The molecule has 1 aromatic heterocycles. The zero-order valence-electron chi connectivity index (χ0n) is 17.6. The Kier molecular flexibility index (Phi) is 5.79. The summed E-state index contributed by atoms with van der Waals surface area (Å²) in [7, 11) is -3.86. The number of carbonyl (C=O) groups is 1. The van der Waals surface area contributed by atoms with Gasteiger partial charge in [0.1, 0.15) is 0 Å². The fourth-order valence-corrected chi connectivity index (χ4v) is 4.31. The Morgan fingerprint density at radius 2 is 1.69 bits per heavy atom. The first kappa shape index (κ1) is 21.3. The lowest BCUT2D eigenvalue weighted by molar-refractivity contribution is 0.102. The maximum atomic E-state index is 12.9. The molecular formula is C24H22N4O3S. The molecule has 4 rings (SSSR count). The van der Waals surface area contributed by atoms with Crippen molar-refractivity contribution in [3.05, 3.63) is 102 Å². The Labute approximate surface area is 186 Å². The molecule has 1 heterocycles. The summed E-state index contributed by atoms with van der Waals surface area (Å²) in [4.78, 5) is 12.9. The summed E-state index contributed by atoms with van der Waals surface area (Å²) in [5, 5.41) is 7.10. The SMILES string of the molecule is Cc1cccc(NS(=O)(=O)c2ccc(C)c(C(=O)Nc3ccn(-c4ccccc4)n3)c2)c1. The van der Waals surface area contributed by atoms with Crippen molar-refractivity contribution in [2.75, 3.05) is 10.0 Å². The zero-order chi connectivity index (χ0) is 22.7. The number of nitrogens with zero attached hydrogens (tertiary/aromatic N) is 2. The number of carbonyl (C=O) groups excluding carboxylic acids is 1. The Bertz CT molecular complexity index is 1380. The van der Waals surface area contributed by atoms with E-state index >= 15 is 0 Å². The number of para-hydroxylation sites is 1. The van der Waals surface area contributed by atoms with Crippen molar-refractivity contribution in [2.24, 2.45) is 0 Å². The van der Waals surface area contributed by atoms with E-state index in [-0.39, 0.29) is 10.5 Å². The number of sulfonamides is 1. The molecule has 2 N–H and O–H groups in total. The third-order valence-corrected chi connectivity index (χ3v) is 6.26. The van der Waals surface area contributed by atoms with Gasteiger partial charge in [-0.3, -0.25) is 9.52 Å².